The van der Waals surface area contributed by atoms with Crippen molar-refractivity contribution in [2.24, 2.45) is 0 Å². The highest BCUT2D eigenvalue weighted by atomic mass is 35.5. The molecule has 1 aromatic carbocycles. The van der Waals surface area contributed by atoms with Gasteiger partial charge in [0.05, 0.1) is 16.1 Å². The Morgan fingerprint density at radius 3 is 2.51 bits per heavy atom. The number of aromatic nitrogens is 5. The third-order valence-electron chi connectivity index (χ3n) is 7.62. The Labute approximate surface area is 254 Å². The zero-order valence-corrected chi connectivity index (χ0v) is 26.7. The molecule has 43 heavy (non-hydrogen) atoms. The second-order valence-corrected chi connectivity index (χ2v) is 14.9. The number of carbonyl (C=O) groups excluding carboxylic acids is 1. The second kappa shape index (κ2) is 11.4. The van der Waals surface area contributed by atoms with Crippen LogP contribution < -0.4 is 16.0 Å². The molecule has 1 fully saturated rings. The van der Waals surface area contributed by atoms with Gasteiger partial charge >= 0.3 is 5.69 Å². The van der Waals surface area contributed by atoms with Crippen LogP contribution in [0, 0.1) is 12.7 Å². The molecule has 0 unspecified atom stereocenters. The van der Waals surface area contributed by atoms with Crippen molar-refractivity contribution in [1.29, 1.82) is 0 Å². The van der Waals surface area contributed by atoms with Crippen molar-refractivity contribution >= 4 is 46.9 Å². The molecular weight excluding hydrogens is 592 g/mol. The summed E-state index contributed by atoms with van der Waals surface area (Å²) in [6.07, 6.45) is 1.28. The molecule has 226 valence electrons. The zero-order chi connectivity index (χ0) is 31.4. The molecule has 13 heteroatoms. The average molecular weight is 626 g/mol. The van der Waals surface area contributed by atoms with Crippen molar-refractivity contribution in [2.45, 2.75) is 39.8 Å². The minimum absolute atomic E-state index is 0.164. The summed E-state index contributed by atoms with van der Waals surface area (Å²) in [5.41, 5.74) is 0.879. The van der Waals surface area contributed by atoms with Crippen LogP contribution in [-0.2, 0) is 9.36 Å². The van der Waals surface area contributed by atoms with Crippen LogP contribution in [0.3, 0.4) is 0 Å². The Kier molecular flexibility index (Phi) is 8.09. The molecule has 10 nitrogen and oxygen atoms in total. The van der Waals surface area contributed by atoms with E-state index in [1.54, 1.807) is 54.1 Å². The molecule has 1 amide bonds. The summed E-state index contributed by atoms with van der Waals surface area (Å²) in [6.45, 7) is 15.6. The predicted molar refractivity (Wildman–Crippen MR) is 169 cm³/mol. The van der Waals surface area contributed by atoms with Gasteiger partial charge in [-0.1, -0.05) is 30.3 Å². The van der Waals surface area contributed by atoms with Crippen LogP contribution in [0.1, 0.15) is 32.4 Å². The second-order valence-electron chi connectivity index (χ2n) is 11.4. The van der Waals surface area contributed by atoms with Crippen LogP contribution in [0.5, 0.6) is 0 Å². The van der Waals surface area contributed by atoms with Crippen molar-refractivity contribution in [1.82, 2.24) is 29.2 Å². The van der Waals surface area contributed by atoms with Crippen LogP contribution in [0.2, 0.25) is 5.02 Å². The van der Waals surface area contributed by atoms with E-state index < -0.39 is 18.6 Å². The Hall–Kier alpha value is -3.82. The number of amides is 1. The van der Waals surface area contributed by atoms with E-state index in [4.69, 9.17) is 16.6 Å². The number of carbonyl (C=O) groups is 1. The minimum Gasteiger partial charge on any atom is -0.350 e. The Bertz CT molecular complexity index is 1880. The molecule has 1 aliphatic rings. The Balaban J connectivity index is 1.85. The molecule has 0 spiro atoms. The number of hydrogen-bond donors (Lipinski definition) is 0. The first kappa shape index (κ1) is 30.6. The van der Waals surface area contributed by atoms with Gasteiger partial charge in [0.25, 0.3) is 0 Å². The number of piperazine rings is 1. The van der Waals surface area contributed by atoms with Gasteiger partial charge in [-0.2, -0.15) is 10.1 Å². The number of fused-ring (bicyclic) bond motifs is 1. The fourth-order valence-corrected chi connectivity index (χ4v) is 7.07. The normalized spacial score (nSPS) is 15.9. The summed E-state index contributed by atoms with van der Waals surface area (Å²) in [5.74, 6) is 0.0526. The van der Waals surface area contributed by atoms with E-state index in [2.05, 4.69) is 16.7 Å². The third-order valence-corrected chi connectivity index (χ3v) is 9.35. The first-order valence-corrected chi connectivity index (χ1v) is 16.9. The van der Waals surface area contributed by atoms with Crippen molar-refractivity contribution in [2.75, 3.05) is 37.9 Å². The van der Waals surface area contributed by atoms with E-state index in [0.717, 1.165) is 0 Å². The lowest BCUT2D eigenvalue weighted by Gasteiger charge is -2.40. The molecule has 0 radical (unpaired) electrons. The summed E-state index contributed by atoms with van der Waals surface area (Å²) in [4.78, 5) is 39.4. The average Bonchev–Trinajstić information content (AvgIpc) is 3.30. The fraction of sp³-hybridized carbons (Fsp3) is 0.367. The lowest BCUT2D eigenvalue weighted by molar-refractivity contribution is -0.126. The molecule has 0 aliphatic carbocycles. The number of nitrogens with zero attached hydrogens (tertiary/aromatic N) is 7. The maximum atomic E-state index is 15.0. The monoisotopic (exact) mass is 625 g/mol. The van der Waals surface area contributed by atoms with Gasteiger partial charge in [0.15, 0.2) is 5.65 Å². The van der Waals surface area contributed by atoms with Gasteiger partial charge in [-0.25, -0.2) is 23.4 Å². The molecule has 0 saturated carbocycles. The lowest BCUT2D eigenvalue weighted by atomic mass is 10.1. The standard InChI is InChI=1S/C30H34ClFN7O3P/c1-8-24(40)36-13-14-37(18(4)16-36)26-21-15-22(31)25(20-11-9-10-12-23(20)32)33-27(21)38(30(41)34-26)29-19(5)28(43(6,7)42)35-39(29)17(2)3/h8-12,15,17-18H,1,13-14,16H2,2-7H3/t18-/m0/s1. The molecule has 5 rings (SSSR count). The topological polar surface area (TPSA) is 106 Å². The summed E-state index contributed by atoms with van der Waals surface area (Å²) in [6, 6.07) is 7.39. The molecule has 0 bridgehead atoms. The summed E-state index contributed by atoms with van der Waals surface area (Å²) in [7, 11) is -2.83. The number of rotatable bonds is 6. The first-order chi connectivity index (χ1) is 20.2. The van der Waals surface area contributed by atoms with Gasteiger partial charge in [-0.05, 0) is 65.3 Å². The molecular formula is C30H34ClFN7O3P. The molecule has 1 saturated heterocycles. The van der Waals surface area contributed by atoms with Gasteiger partial charge in [-0.15, -0.1) is 0 Å². The SMILES string of the molecule is C=CC(=O)N1CCN(c2nc(=O)n(-c3c(C)c(P(C)(C)=O)nn3C(C)C)c3nc(-c4ccccc4F)c(Cl)cc23)[C@@H](C)C1. The predicted octanol–water partition coefficient (Wildman–Crippen LogP) is 4.80. The number of anilines is 1. The maximum absolute atomic E-state index is 15.0. The van der Waals surface area contributed by atoms with E-state index in [-0.39, 0.29) is 39.9 Å². The number of halogens is 2. The lowest BCUT2D eigenvalue weighted by Crippen LogP contribution is -2.54. The van der Waals surface area contributed by atoms with E-state index in [0.29, 0.717) is 47.7 Å². The smallest absolute Gasteiger partial charge is 0.350 e. The molecule has 1 atom stereocenters. The first-order valence-electron chi connectivity index (χ1n) is 14.0. The molecule has 0 N–H and O–H groups in total. The summed E-state index contributed by atoms with van der Waals surface area (Å²) in [5, 5.41) is 5.32. The van der Waals surface area contributed by atoms with Gasteiger partial charge in [0.2, 0.25) is 5.91 Å². The van der Waals surface area contributed by atoms with Crippen molar-refractivity contribution in [3.8, 4) is 17.1 Å². The van der Waals surface area contributed by atoms with Gasteiger partial charge in [-0.3, -0.25) is 4.79 Å². The van der Waals surface area contributed by atoms with E-state index in [1.165, 1.54) is 16.7 Å². The Morgan fingerprint density at radius 2 is 1.91 bits per heavy atom. The molecule has 3 aromatic heterocycles. The molecule has 1 aliphatic heterocycles. The Morgan fingerprint density at radius 1 is 1.21 bits per heavy atom. The number of pyridine rings is 1. The zero-order valence-electron chi connectivity index (χ0n) is 25.0. The number of hydrogen-bond acceptors (Lipinski definition) is 7. The summed E-state index contributed by atoms with van der Waals surface area (Å²) >= 11 is 6.77. The summed E-state index contributed by atoms with van der Waals surface area (Å²) < 4.78 is 31.2. The maximum Gasteiger partial charge on any atom is 0.357 e. The van der Waals surface area contributed by atoms with E-state index in [1.807, 2.05) is 25.7 Å². The molecule has 4 aromatic rings. The van der Waals surface area contributed by atoms with Crippen LogP contribution in [0.25, 0.3) is 28.1 Å². The van der Waals surface area contributed by atoms with Crippen LogP contribution in [0.4, 0.5) is 10.2 Å². The van der Waals surface area contributed by atoms with Crippen molar-refractivity contribution in [3.63, 3.8) is 0 Å². The highest BCUT2D eigenvalue weighted by Gasteiger charge is 2.32. The van der Waals surface area contributed by atoms with Crippen molar-refractivity contribution < 1.29 is 13.8 Å². The minimum atomic E-state index is -2.83. The largest absolute Gasteiger partial charge is 0.357 e. The van der Waals surface area contributed by atoms with Gasteiger partial charge in [0, 0.05) is 42.8 Å². The highest BCUT2D eigenvalue weighted by molar-refractivity contribution is 7.70. The highest BCUT2D eigenvalue weighted by Crippen LogP contribution is 2.39. The third kappa shape index (κ3) is 5.40. The van der Waals surface area contributed by atoms with Crippen LogP contribution in [-0.4, -0.2) is 74.1 Å². The van der Waals surface area contributed by atoms with Crippen LogP contribution in [0.15, 0.2) is 47.8 Å². The molecule has 4 heterocycles. The van der Waals surface area contributed by atoms with Crippen LogP contribution >= 0.6 is 18.7 Å². The quantitative estimate of drug-likeness (QED) is 0.224. The number of benzene rings is 1. The van der Waals surface area contributed by atoms with Crippen molar-refractivity contribution in [3.05, 3.63) is 69.9 Å². The van der Waals surface area contributed by atoms with Gasteiger partial charge in [0.1, 0.15) is 30.0 Å². The van der Waals surface area contributed by atoms with E-state index in [9.17, 15) is 14.2 Å². The van der Waals surface area contributed by atoms with E-state index >= 15 is 4.39 Å². The fourth-order valence-electron chi connectivity index (χ4n) is 5.60. The van der Waals surface area contributed by atoms with Gasteiger partial charge < -0.3 is 14.4 Å².